The summed E-state index contributed by atoms with van der Waals surface area (Å²) in [4.78, 5) is 19.9. The fourth-order valence-electron chi connectivity index (χ4n) is 0.342. The maximum absolute atomic E-state index is 9.93. The van der Waals surface area contributed by atoms with Crippen LogP contribution in [0.1, 0.15) is 19.6 Å². The van der Waals surface area contributed by atoms with Gasteiger partial charge in [0.25, 0.3) is 0 Å². The van der Waals surface area contributed by atoms with E-state index < -0.39 is 0 Å². The van der Waals surface area contributed by atoms with E-state index in [-0.39, 0.29) is 10.0 Å². The highest BCUT2D eigenvalue weighted by molar-refractivity contribution is 7.14. The SMILES string of the molecule is O=Cc1nnc(C=O)s1. The molecule has 0 radical (unpaired) electrons. The molecule has 0 amide bonds. The zero-order valence-corrected chi connectivity index (χ0v) is 5.09. The largest absolute Gasteiger partial charge is 0.295 e. The molecule has 1 rings (SSSR count). The first-order chi connectivity index (χ1) is 4.36. The lowest BCUT2D eigenvalue weighted by atomic mass is 10.8. The molecule has 46 valence electrons. The maximum atomic E-state index is 9.93. The van der Waals surface area contributed by atoms with Crippen molar-refractivity contribution < 1.29 is 9.59 Å². The molecule has 0 aliphatic carbocycles. The summed E-state index contributed by atoms with van der Waals surface area (Å²) >= 11 is 0.975. The second kappa shape index (κ2) is 2.45. The van der Waals surface area contributed by atoms with Crippen molar-refractivity contribution in [1.82, 2.24) is 10.2 Å². The summed E-state index contributed by atoms with van der Waals surface area (Å²) in [6, 6.07) is 0. The molecule has 5 heteroatoms. The van der Waals surface area contributed by atoms with E-state index in [2.05, 4.69) is 10.2 Å². The topological polar surface area (TPSA) is 59.9 Å². The van der Waals surface area contributed by atoms with Gasteiger partial charge in [0.05, 0.1) is 0 Å². The Kier molecular flexibility index (Phi) is 1.64. The Hall–Kier alpha value is -1.10. The molecule has 0 atom stereocenters. The number of nitrogens with zero attached hydrogens (tertiary/aromatic N) is 2. The fourth-order valence-corrected chi connectivity index (χ4v) is 0.816. The van der Waals surface area contributed by atoms with Gasteiger partial charge in [-0.05, 0) is 0 Å². The monoisotopic (exact) mass is 142 g/mol. The smallest absolute Gasteiger partial charge is 0.180 e. The van der Waals surface area contributed by atoms with E-state index in [1.54, 1.807) is 0 Å². The van der Waals surface area contributed by atoms with Gasteiger partial charge in [-0.15, -0.1) is 10.2 Å². The van der Waals surface area contributed by atoms with Crippen molar-refractivity contribution in [3.63, 3.8) is 0 Å². The van der Waals surface area contributed by atoms with Crippen molar-refractivity contribution in [3.8, 4) is 0 Å². The first-order valence-corrected chi connectivity index (χ1v) is 2.92. The number of aldehydes is 2. The molecular formula is C4H2N2O2S. The minimum atomic E-state index is 0.233. The van der Waals surface area contributed by atoms with Gasteiger partial charge in [-0.25, -0.2) is 0 Å². The second-order valence-electron chi connectivity index (χ2n) is 1.21. The maximum Gasteiger partial charge on any atom is 0.180 e. The summed E-state index contributed by atoms with van der Waals surface area (Å²) < 4.78 is 0. The van der Waals surface area contributed by atoms with Crippen LogP contribution in [-0.2, 0) is 0 Å². The number of carbonyl (C=O) groups excluding carboxylic acids is 2. The van der Waals surface area contributed by atoms with E-state index in [4.69, 9.17) is 0 Å². The van der Waals surface area contributed by atoms with Crippen LogP contribution < -0.4 is 0 Å². The van der Waals surface area contributed by atoms with E-state index >= 15 is 0 Å². The molecule has 0 bridgehead atoms. The summed E-state index contributed by atoms with van der Waals surface area (Å²) in [6.45, 7) is 0. The molecule has 1 aromatic heterocycles. The number of aromatic nitrogens is 2. The van der Waals surface area contributed by atoms with Crippen molar-refractivity contribution in [2.24, 2.45) is 0 Å². The van der Waals surface area contributed by atoms with Crippen molar-refractivity contribution >= 4 is 23.9 Å². The normalized spacial score (nSPS) is 8.89. The van der Waals surface area contributed by atoms with Gasteiger partial charge in [0.1, 0.15) is 0 Å². The van der Waals surface area contributed by atoms with Gasteiger partial charge in [0, 0.05) is 0 Å². The van der Waals surface area contributed by atoms with Crippen LogP contribution in [0.15, 0.2) is 0 Å². The van der Waals surface area contributed by atoms with Crippen LogP contribution in [0, 0.1) is 0 Å². The van der Waals surface area contributed by atoms with Crippen LogP contribution in [0.2, 0.25) is 0 Å². The molecule has 0 saturated carbocycles. The number of carbonyl (C=O) groups is 2. The molecule has 0 aliphatic heterocycles. The van der Waals surface area contributed by atoms with Gasteiger partial charge >= 0.3 is 0 Å². The average molecular weight is 142 g/mol. The molecule has 4 nitrogen and oxygen atoms in total. The standard InChI is InChI=1S/C4H2N2O2S/c7-1-3-5-6-4(2-8)9-3/h1-2H. The zero-order chi connectivity index (χ0) is 6.69. The van der Waals surface area contributed by atoms with Crippen LogP contribution in [0.3, 0.4) is 0 Å². The Bertz CT molecular complexity index is 210. The molecule has 0 aliphatic rings. The first-order valence-electron chi connectivity index (χ1n) is 2.10. The van der Waals surface area contributed by atoms with E-state index in [0.717, 1.165) is 11.3 Å². The number of hydrogen-bond acceptors (Lipinski definition) is 5. The fraction of sp³-hybridized carbons (Fsp3) is 0. The third kappa shape index (κ3) is 1.17. The highest BCUT2D eigenvalue weighted by Crippen LogP contribution is 2.02. The minimum absolute atomic E-state index is 0.233. The van der Waals surface area contributed by atoms with Gasteiger partial charge in [-0.2, -0.15) is 0 Å². The van der Waals surface area contributed by atoms with E-state index in [1.165, 1.54) is 0 Å². The van der Waals surface area contributed by atoms with E-state index in [1.807, 2.05) is 0 Å². The summed E-state index contributed by atoms with van der Waals surface area (Å²) in [7, 11) is 0. The number of rotatable bonds is 2. The quantitative estimate of drug-likeness (QED) is 0.552. The summed E-state index contributed by atoms with van der Waals surface area (Å²) in [6.07, 6.45) is 1.12. The lowest BCUT2D eigenvalue weighted by Crippen LogP contribution is -1.76. The molecule has 0 N–H and O–H groups in total. The van der Waals surface area contributed by atoms with E-state index in [0.29, 0.717) is 12.6 Å². The highest BCUT2D eigenvalue weighted by Gasteiger charge is 1.98. The second-order valence-corrected chi connectivity index (χ2v) is 2.25. The Morgan fingerprint density at radius 3 is 1.78 bits per heavy atom. The molecule has 0 saturated heterocycles. The predicted octanol–water partition coefficient (Wildman–Crippen LogP) is 0.163. The average Bonchev–Trinajstić information content (AvgIpc) is 2.34. The molecule has 0 aromatic carbocycles. The Morgan fingerprint density at radius 2 is 1.56 bits per heavy atom. The minimum Gasteiger partial charge on any atom is -0.295 e. The Morgan fingerprint density at radius 1 is 1.11 bits per heavy atom. The molecule has 0 spiro atoms. The van der Waals surface area contributed by atoms with Crippen molar-refractivity contribution in [3.05, 3.63) is 10.0 Å². The van der Waals surface area contributed by atoms with Gasteiger partial charge in [0.15, 0.2) is 22.6 Å². The predicted molar refractivity (Wildman–Crippen MR) is 30.7 cm³/mol. The third-order valence-electron chi connectivity index (χ3n) is 0.658. The van der Waals surface area contributed by atoms with E-state index in [9.17, 15) is 9.59 Å². The molecule has 0 fully saturated rings. The van der Waals surface area contributed by atoms with Crippen molar-refractivity contribution in [1.29, 1.82) is 0 Å². The van der Waals surface area contributed by atoms with Crippen molar-refractivity contribution in [2.75, 3.05) is 0 Å². The lowest BCUT2D eigenvalue weighted by molar-refractivity contribution is 0.111. The van der Waals surface area contributed by atoms with Gasteiger partial charge in [-0.3, -0.25) is 9.59 Å². The molecule has 1 aromatic rings. The lowest BCUT2D eigenvalue weighted by Gasteiger charge is -1.65. The number of hydrogen-bond donors (Lipinski definition) is 0. The zero-order valence-electron chi connectivity index (χ0n) is 4.27. The van der Waals surface area contributed by atoms with Crippen LogP contribution in [0.25, 0.3) is 0 Å². The molecular weight excluding hydrogens is 140 g/mol. The molecule has 0 unspecified atom stereocenters. The third-order valence-corrected chi connectivity index (χ3v) is 1.43. The summed E-state index contributed by atoms with van der Waals surface area (Å²) in [5.41, 5.74) is 0. The molecule has 9 heavy (non-hydrogen) atoms. The molecule has 1 heterocycles. The van der Waals surface area contributed by atoms with Crippen LogP contribution in [0.4, 0.5) is 0 Å². The Balaban J connectivity index is 2.98. The van der Waals surface area contributed by atoms with Crippen LogP contribution >= 0.6 is 11.3 Å². The van der Waals surface area contributed by atoms with Gasteiger partial charge < -0.3 is 0 Å². The van der Waals surface area contributed by atoms with Crippen molar-refractivity contribution in [2.45, 2.75) is 0 Å². The van der Waals surface area contributed by atoms with Crippen LogP contribution in [0.5, 0.6) is 0 Å². The summed E-state index contributed by atoms with van der Waals surface area (Å²) in [5, 5.41) is 7.22. The van der Waals surface area contributed by atoms with Gasteiger partial charge in [-0.1, -0.05) is 11.3 Å². The van der Waals surface area contributed by atoms with Crippen LogP contribution in [-0.4, -0.2) is 22.8 Å². The summed E-state index contributed by atoms with van der Waals surface area (Å²) in [5.74, 6) is 0. The highest BCUT2D eigenvalue weighted by atomic mass is 32.1. The first kappa shape index (κ1) is 6.03. The Labute approximate surface area is 54.5 Å². The van der Waals surface area contributed by atoms with Gasteiger partial charge in [0.2, 0.25) is 0 Å².